The van der Waals surface area contributed by atoms with E-state index in [-0.39, 0.29) is 23.8 Å². The van der Waals surface area contributed by atoms with Crippen LogP contribution in [0.3, 0.4) is 0 Å². The Hall–Kier alpha value is -3.60. The zero-order chi connectivity index (χ0) is 23.1. The molecule has 0 radical (unpaired) electrons. The fourth-order valence-electron chi connectivity index (χ4n) is 3.17. The van der Waals surface area contributed by atoms with E-state index in [0.29, 0.717) is 16.8 Å². The molecule has 0 aliphatic rings. The number of imidazole rings is 1. The predicted molar refractivity (Wildman–Crippen MR) is 107 cm³/mol. The first kappa shape index (κ1) is 22.1. The topological polar surface area (TPSA) is 129 Å². The molecule has 1 unspecified atom stereocenters. The fourth-order valence-corrected chi connectivity index (χ4v) is 3.17. The van der Waals surface area contributed by atoms with Crippen molar-refractivity contribution in [2.45, 2.75) is 25.6 Å². The monoisotopic (exact) mass is 435 g/mol. The number of halogens is 3. The minimum atomic E-state index is -5.10. The molecule has 3 aromatic rings. The van der Waals surface area contributed by atoms with Crippen LogP contribution in [0.1, 0.15) is 28.5 Å². The zero-order valence-corrected chi connectivity index (χ0v) is 16.7. The second-order valence-electron chi connectivity index (χ2n) is 6.83. The number of aliphatic hydroxyl groups is 1. The summed E-state index contributed by atoms with van der Waals surface area (Å²) in [5.41, 5.74) is 7.59. The van der Waals surface area contributed by atoms with Gasteiger partial charge in [-0.3, -0.25) is 4.40 Å². The molecule has 31 heavy (non-hydrogen) atoms. The van der Waals surface area contributed by atoms with Crippen molar-refractivity contribution in [1.29, 1.82) is 0 Å². The first-order chi connectivity index (χ1) is 14.4. The van der Waals surface area contributed by atoms with Gasteiger partial charge in [0.05, 0.1) is 18.5 Å². The maximum atomic E-state index is 13.7. The van der Waals surface area contributed by atoms with Crippen molar-refractivity contribution < 1.29 is 27.8 Å². The molecule has 164 valence electrons. The SMILES string of the molecule is C=C(N)C(O)(c1ccc(C)c(-c2cnc3c(N)nc(C(=O)OCC)cn23)c1)C(F)(F)F. The van der Waals surface area contributed by atoms with E-state index in [0.717, 1.165) is 12.1 Å². The lowest BCUT2D eigenvalue weighted by molar-refractivity contribution is -0.250. The highest BCUT2D eigenvalue weighted by molar-refractivity contribution is 5.88. The number of aryl methyl sites for hydroxylation is 1. The maximum absolute atomic E-state index is 13.7. The highest BCUT2D eigenvalue weighted by Crippen LogP contribution is 2.43. The van der Waals surface area contributed by atoms with Gasteiger partial charge in [-0.05, 0) is 31.0 Å². The third kappa shape index (κ3) is 3.56. The summed E-state index contributed by atoms with van der Waals surface area (Å²) >= 11 is 0. The molecule has 0 saturated carbocycles. The molecule has 1 aromatic carbocycles. The number of nitrogens with zero attached hydrogens (tertiary/aromatic N) is 3. The number of carbonyl (C=O) groups excluding carboxylic acids is 1. The van der Waals surface area contributed by atoms with E-state index in [2.05, 4.69) is 16.5 Å². The van der Waals surface area contributed by atoms with Crippen molar-refractivity contribution in [1.82, 2.24) is 14.4 Å². The van der Waals surface area contributed by atoms with Crippen LogP contribution in [0.4, 0.5) is 19.0 Å². The van der Waals surface area contributed by atoms with Gasteiger partial charge in [0.1, 0.15) is 0 Å². The molecule has 8 nitrogen and oxygen atoms in total. The molecule has 0 aliphatic heterocycles. The van der Waals surface area contributed by atoms with Crippen LogP contribution in [0, 0.1) is 6.92 Å². The molecular formula is C20H20F3N5O3. The highest BCUT2D eigenvalue weighted by Gasteiger charge is 2.56. The number of benzene rings is 1. The molecular weight excluding hydrogens is 415 g/mol. The average Bonchev–Trinajstić information content (AvgIpc) is 3.11. The fraction of sp³-hybridized carbons (Fsp3) is 0.250. The number of hydrogen-bond acceptors (Lipinski definition) is 7. The molecule has 1 atom stereocenters. The molecule has 0 spiro atoms. The number of aromatic nitrogens is 3. The molecule has 11 heteroatoms. The molecule has 0 fully saturated rings. The molecule has 3 rings (SSSR count). The normalized spacial score (nSPS) is 13.7. The minimum absolute atomic E-state index is 0.0623. The second-order valence-corrected chi connectivity index (χ2v) is 6.83. The Kier molecular flexibility index (Phi) is 5.40. The number of esters is 1. The molecule has 0 saturated heterocycles. The van der Waals surface area contributed by atoms with E-state index in [1.165, 1.54) is 22.9 Å². The summed E-state index contributed by atoms with van der Waals surface area (Å²) in [7, 11) is 0. The smallest absolute Gasteiger partial charge is 0.427 e. The lowest BCUT2D eigenvalue weighted by atomic mass is 9.87. The number of carbonyl (C=O) groups is 1. The number of rotatable bonds is 5. The Labute approximate surface area is 175 Å². The van der Waals surface area contributed by atoms with Gasteiger partial charge in [0, 0.05) is 17.5 Å². The van der Waals surface area contributed by atoms with E-state index < -0.39 is 29.0 Å². The first-order valence-electron chi connectivity index (χ1n) is 9.08. The van der Waals surface area contributed by atoms with Crippen LogP contribution < -0.4 is 11.5 Å². The maximum Gasteiger partial charge on any atom is 0.427 e. The third-order valence-corrected chi connectivity index (χ3v) is 4.81. The Bertz CT molecular complexity index is 1190. The van der Waals surface area contributed by atoms with Crippen molar-refractivity contribution in [2.75, 3.05) is 12.3 Å². The molecule has 0 amide bonds. The summed E-state index contributed by atoms with van der Waals surface area (Å²) in [6.45, 7) is 6.52. The van der Waals surface area contributed by atoms with Gasteiger partial charge in [-0.25, -0.2) is 14.8 Å². The number of nitrogen functional groups attached to an aromatic ring is 1. The van der Waals surface area contributed by atoms with Crippen LogP contribution >= 0.6 is 0 Å². The van der Waals surface area contributed by atoms with Crippen molar-refractivity contribution in [3.8, 4) is 11.3 Å². The van der Waals surface area contributed by atoms with Gasteiger partial charge in [0.15, 0.2) is 17.2 Å². The Morgan fingerprint density at radius 3 is 2.61 bits per heavy atom. The van der Waals surface area contributed by atoms with Crippen LogP contribution in [0.15, 0.2) is 42.9 Å². The number of anilines is 1. The molecule has 0 bridgehead atoms. The molecule has 5 N–H and O–H groups in total. The first-order valence-corrected chi connectivity index (χ1v) is 9.08. The Morgan fingerprint density at radius 2 is 2.03 bits per heavy atom. The van der Waals surface area contributed by atoms with Crippen molar-refractivity contribution in [2.24, 2.45) is 5.73 Å². The standard InChI is InChI=1S/C20H20F3N5O3/c1-4-31-18(29)14-9-28-15(8-26-17(28)16(25)27-14)13-7-12(6-5-10(13)2)19(30,11(3)24)20(21,22)23/h5-9,30H,3-4,24H2,1-2H3,(H2,25,27). The van der Waals surface area contributed by atoms with E-state index in [4.69, 9.17) is 16.2 Å². The summed E-state index contributed by atoms with van der Waals surface area (Å²) in [6, 6.07) is 3.67. The van der Waals surface area contributed by atoms with Gasteiger partial charge in [-0.1, -0.05) is 18.7 Å². The van der Waals surface area contributed by atoms with Crippen LogP contribution in [0.5, 0.6) is 0 Å². The van der Waals surface area contributed by atoms with Crippen LogP contribution in [0.25, 0.3) is 16.9 Å². The van der Waals surface area contributed by atoms with Crippen molar-refractivity contribution >= 4 is 17.4 Å². The minimum Gasteiger partial charge on any atom is -0.461 e. The number of nitrogens with two attached hydrogens (primary N) is 2. The van der Waals surface area contributed by atoms with Gasteiger partial charge in [-0.15, -0.1) is 0 Å². The van der Waals surface area contributed by atoms with Crippen molar-refractivity contribution in [3.63, 3.8) is 0 Å². The molecule has 2 aromatic heterocycles. The van der Waals surface area contributed by atoms with E-state index in [1.807, 2.05) is 0 Å². The van der Waals surface area contributed by atoms with Gasteiger partial charge < -0.3 is 21.3 Å². The van der Waals surface area contributed by atoms with E-state index in [1.54, 1.807) is 13.8 Å². The summed E-state index contributed by atoms with van der Waals surface area (Å²) in [4.78, 5) is 20.2. The molecule has 0 aliphatic carbocycles. The summed E-state index contributed by atoms with van der Waals surface area (Å²) in [5, 5.41) is 10.4. The third-order valence-electron chi connectivity index (χ3n) is 4.81. The zero-order valence-electron chi connectivity index (χ0n) is 16.7. The summed E-state index contributed by atoms with van der Waals surface area (Å²) < 4.78 is 47.3. The lowest BCUT2D eigenvalue weighted by Gasteiger charge is -2.31. The van der Waals surface area contributed by atoms with Crippen LogP contribution in [-0.4, -0.2) is 38.2 Å². The van der Waals surface area contributed by atoms with Gasteiger partial charge in [-0.2, -0.15) is 13.2 Å². The lowest BCUT2D eigenvalue weighted by Crippen LogP contribution is -2.46. The second kappa shape index (κ2) is 7.58. The summed E-state index contributed by atoms with van der Waals surface area (Å²) in [6.07, 6.45) is -2.40. The number of fused-ring (bicyclic) bond motifs is 1. The summed E-state index contributed by atoms with van der Waals surface area (Å²) in [5.74, 6) is -0.778. The van der Waals surface area contributed by atoms with Crippen LogP contribution in [-0.2, 0) is 10.3 Å². The number of hydrogen-bond donors (Lipinski definition) is 3. The predicted octanol–water partition coefficient (Wildman–Crippen LogP) is 2.69. The Balaban J connectivity index is 2.25. The van der Waals surface area contributed by atoms with Gasteiger partial charge in [0.2, 0.25) is 5.60 Å². The van der Waals surface area contributed by atoms with Crippen LogP contribution in [0.2, 0.25) is 0 Å². The number of ether oxygens (including phenoxy) is 1. The van der Waals surface area contributed by atoms with E-state index >= 15 is 0 Å². The Morgan fingerprint density at radius 1 is 1.35 bits per heavy atom. The quantitative estimate of drug-likeness (QED) is 0.526. The largest absolute Gasteiger partial charge is 0.461 e. The van der Waals surface area contributed by atoms with Crippen molar-refractivity contribution in [3.05, 3.63) is 59.7 Å². The van der Waals surface area contributed by atoms with E-state index in [9.17, 15) is 23.1 Å². The van der Waals surface area contributed by atoms with Gasteiger partial charge in [0.25, 0.3) is 0 Å². The highest BCUT2D eigenvalue weighted by atomic mass is 19.4. The van der Waals surface area contributed by atoms with Gasteiger partial charge >= 0.3 is 12.1 Å². The molecule has 2 heterocycles. The average molecular weight is 435 g/mol. The number of alkyl halides is 3.